The van der Waals surface area contributed by atoms with Gasteiger partial charge in [-0.05, 0) is 50.3 Å². The van der Waals surface area contributed by atoms with Gasteiger partial charge in [0, 0.05) is 37.0 Å². The molecule has 0 radical (unpaired) electrons. The molecule has 0 saturated heterocycles. The van der Waals surface area contributed by atoms with Gasteiger partial charge in [-0.1, -0.05) is 47.0 Å². The number of anilines is 1. The number of benzene rings is 1. The van der Waals surface area contributed by atoms with E-state index in [1.165, 1.54) is 13.2 Å². The minimum Gasteiger partial charge on any atom is -0.507 e. The molecule has 0 spiro atoms. The highest BCUT2D eigenvalue weighted by atomic mass is 19.4. The first-order valence-electron chi connectivity index (χ1n) is 15.1. The Labute approximate surface area is 264 Å². The van der Waals surface area contributed by atoms with Gasteiger partial charge in [-0.3, -0.25) is 4.79 Å². The highest BCUT2D eigenvalue weighted by molar-refractivity contribution is 5.74. The second kappa shape index (κ2) is 23.6. The standard InChI is InChI=1S/C26H37F3N4O5.C3H6O2.C2H6/c1-5-7-8-10-17(6-2)31-24-21(16-30-25(35)37-4)19(11-9-14-36-3)23(32-33-24)20-13-12-18(15-22(20)34)38-26(27,28)29;1-2-5-3-4;1-2/h12-13,15,17,34H,5-11,14,16H2,1-4H3,(H,30,35)(H,31,33);3H,2H2,1H3;1-2H3. The number of phenolic OH excluding ortho intramolecular Hbond substituents is 1. The maximum absolute atomic E-state index is 12.7. The summed E-state index contributed by atoms with van der Waals surface area (Å²) in [5, 5.41) is 25.5. The van der Waals surface area contributed by atoms with E-state index in [1.54, 1.807) is 14.0 Å². The molecular weight excluding hydrogens is 597 g/mol. The molecule has 1 amide bonds. The Morgan fingerprint density at radius 3 is 2.29 bits per heavy atom. The van der Waals surface area contributed by atoms with Crippen molar-refractivity contribution in [3.8, 4) is 22.8 Å². The molecule has 2 aromatic rings. The van der Waals surface area contributed by atoms with E-state index in [0.29, 0.717) is 49.5 Å². The molecule has 0 aliphatic carbocycles. The Hall–Kier alpha value is -3.81. The lowest BCUT2D eigenvalue weighted by molar-refractivity contribution is -0.274. The van der Waals surface area contributed by atoms with Crippen LogP contribution in [0.4, 0.5) is 23.8 Å². The molecule has 1 aromatic heterocycles. The van der Waals surface area contributed by atoms with E-state index in [4.69, 9.17) is 9.47 Å². The van der Waals surface area contributed by atoms with Crippen molar-refractivity contribution in [2.24, 2.45) is 0 Å². The van der Waals surface area contributed by atoms with E-state index < -0.39 is 24.0 Å². The van der Waals surface area contributed by atoms with Crippen LogP contribution in [-0.4, -0.2) is 67.7 Å². The fraction of sp³-hybridized carbons (Fsp3) is 0.613. The summed E-state index contributed by atoms with van der Waals surface area (Å²) in [5.74, 6) is -0.526. The summed E-state index contributed by atoms with van der Waals surface area (Å²) in [5.41, 5.74) is 1.77. The van der Waals surface area contributed by atoms with Crippen molar-refractivity contribution in [2.75, 3.05) is 32.8 Å². The zero-order chi connectivity index (χ0) is 34.3. The number of ether oxygens (including phenoxy) is 4. The second-order valence-electron chi connectivity index (χ2n) is 9.32. The summed E-state index contributed by atoms with van der Waals surface area (Å²) in [4.78, 5) is 21.1. The maximum atomic E-state index is 12.7. The number of alkyl carbamates (subject to hydrolysis) is 1. The van der Waals surface area contributed by atoms with Crippen LogP contribution in [-0.2, 0) is 32.0 Å². The molecule has 1 unspecified atom stereocenters. The Bertz CT molecular complexity index is 1120. The summed E-state index contributed by atoms with van der Waals surface area (Å²) in [6.07, 6.45) is 0.519. The molecule has 14 heteroatoms. The number of nitrogens with zero attached hydrogens (tertiary/aromatic N) is 2. The molecule has 256 valence electrons. The van der Waals surface area contributed by atoms with Crippen LogP contribution in [0.2, 0.25) is 0 Å². The predicted octanol–water partition coefficient (Wildman–Crippen LogP) is 7.16. The lowest BCUT2D eigenvalue weighted by atomic mass is 9.96. The van der Waals surface area contributed by atoms with Gasteiger partial charge < -0.3 is 34.7 Å². The van der Waals surface area contributed by atoms with Crippen molar-refractivity contribution in [2.45, 2.75) is 98.5 Å². The topological polar surface area (TPSA) is 141 Å². The number of nitrogens with one attached hydrogen (secondary N) is 2. The Morgan fingerprint density at radius 1 is 1.07 bits per heavy atom. The molecule has 0 aliphatic rings. The highest BCUT2D eigenvalue weighted by Crippen LogP contribution is 2.37. The van der Waals surface area contributed by atoms with Gasteiger partial charge in [-0.15, -0.1) is 23.4 Å². The number of amides is 1. The molecule has 3 N–H and O–H groups in total. The fourth-order valence-corrected chi connectivity index (χ4v) is 4.11. The number of carbonyl (C=O) groups is 2. The Morgan fingerprint density at radius 2 is 1.78 bits per heavy atom. The number of hydrogen-bond acceptors (Lipinski definition) is 10. The quantitative estimate of drug-likeness (QED) is 0.120. The summed E-state index contributed by atoms with van der Waals surface area (Å²) in [7, 11) is 2.83. The van der Waals surface area contributed by atoms with E-state index in [9.17, 15) is 27.9 Å². The molecule has 0 saturated carbocycles. The van der Waals surface area contributed by atoms with Crippen molar-refractivity contribution in [1.82, 2.24) is 15.5 Å². The average Bonchev–Trinajstić information content (AvgIpc) is 3.01. The van der Waals surface area contributed by atoms with Crippen LogP contribution in [0.5, 0.6) is 11.5 Å². The van der Waals surface area contributed by atoms with E-state index in [1.807, 2.05) is 13.8 Å². The highest BCUT2D eigenvalue weighted by Gasteiger charge is 2.31. The van der Waals surface area contributed by atoms with Crippen molar-refractivity contribution in [3.05, 3.63) is 29.3 Å². The minimum absolute atomic E-state index is 0.0568. The first-order chi connectivity index (χ1) is 21.5. The van der Waals surface area contributed by atoms with E-state index in [-0.39, 0.29) is 23.8 Å². The third kappa shape index (κ3) is 16.2. The number of rotatable bonds is 17. The van der Waals surface area contributed by atoms with Gasteiger partial charge in [0.2, 0.25) is 0 Å². The minimum atomic E-state index is -4.90. The van der Waals surface area contributed by atoms with E-state index in [2.05, 4.69) is 44.2 Å². The van der Waals surface area contributed by atoms with Gasteiger partial charge in [0.05, 0.1) is 20.3 Å². The number of aromatic nitrogens is 2. The molecule has 11 nitrogen and oxygen atoms in total. The average molecular weight is 647 g/mol. The van der Waals surface area contributed by atoms with Crippen LogP contribution in [0.3, 0.4) is 0 Å². The Balaban J connectivity index is 0.00000251. The number of methoxy groups -OCH3 is 2. The van der Waals surface area contributed by atoms with Crippen LogP contribution in [0.15, 0.2) is 18.2 Å². The number of unbranched alkanes of at least 4 members (excludes halogenated alkanes) is 2. The van der Waals surface area contributed by atoms with Gasteiger partial charge in [-0.2, -0.15) is 0 Å². The second-order valence-corrected chi connectivity index (χ2v) is 9.32. The summed E-state index contributed by atoms with van der Waals surface area (Å²) < 4.78 is 56.0. The van der Waals surface area contributed by atoms with Crippen molar-refractivity contribution >= 4 is 18.4 Å². The maximum Gasteiger partial charge on any atom is 0.573 e. The number of aromatic hydroxyl groups is 1. The van der Waals surface area contributed by atoms with Gasteiger partial charge in [0.15, 0.2) is 5.82 Å². The van der Waals surface area contributed by atoms with E-state index >= 15 is 0 Å². The lowest BCUT2D eigenvalue weighted by Gasteiger charge is -2.23. The molecule has 1 aromatic carbocycles. The molecular formula is C31H49F3N4O7. The zero-order valence-corrected chi connectivity index (χ0v) is 27.4. The Kier molecular flexibility index (Phi) is 21.6. The number of phenols is 1. The molecule has 45 heavy (non-hydrogen) atoms. The summed E-state index contributed by atoms with van der Waals surface area (Å²) in [6.45, 7) is 11.4. The molecule has 1 heterocycles. The van der Waals surface area contributed by atoms with Crippen molar-refractivity contribution in [3.63, 3.8) is 0 Å². The molecule has 2 rings (SSSR count). The third-order valence-corrected chi connectivity index (χ3v) is 6.24. The van der Waals surface area contributed by atoms with Crippen LogP contribution in [0.25, 0.3) is 11.3 Å². The smallest absolute Gasteiger partial charge is 0.507 e. The molecule has 1 atom stereocenters. The van der Waals surface area contributed by atoms with E-state index in [0.717, 1.165) is 44.2 Å². The zero-order valence-electron chi connectivity index (χ0n) is 27.4. The normalized spacial score (nSPS) is 11.2. The fourth-order valence-electron chi connectivity index (χ4n) is 4.11. The first-order valence-corrected chi connectivity index (χ1v) is 15.1. The number of halogens is 3. The number of carbonyl (C=O) groups excluding carboxylic acids is 2. The monoisotopic (exact) mass is 646 g/mol. The van der Waals surface area contributed by atoms with Crippen LogP contribution < -0.4 is 15.4 Å². The van der Waals surface area contributed by atoms with Crippen LogP contribution in [0, 0.1) is 0 Å². The number of hydrogen-bond donors (Lipinski definition) is 3. The van der Waals surface area contributed by atoms with Gasteiger partial charge >= 0.3 is 12.5 Å². The predicted molar refractivity (Wildman–Crippen MR) is 166 cm³/mol. The summed E-state index contributed by atoms with van der Waals surface area (Å²) >= 11 is 0. The lowest BCUT2D eigenvalue weighted by Crippen LogP contribution is -2.27. The van der Waals surface area contributed by atoms with Crippen molar-refractivity contribution in [1.29, 1.82) is 0 Å². The SMILES string of the molecule is CC.CCCCCC(CC)Nc1nnc(-c2ccc(OC(F)(F)F)cc2O)c(CCCOC)c1CNC(=O)OC.CCOC=O. The van der Waals surface area contributed by atoms with Crippen LogP contribution in [0.1, 0.15) is 84.3 Å². The molecule has 0 fully saturated rings. The largest absolute Gasteiger partial charge is 0.573 e. The third-order valence-electron chi connectivity index (χ3n) is 6.24. The van der Waals surface area contributed by atoms with Gasteiger partial charge in [0.1, 0.15) is 17.2 Å². The molecule has 0 bridgehead atoms. The van der Waals surface area contributed by atoms with Crippen LogP contribution >= 0.6 is 0 Å². The summed E-state index contributed by atoms with van der Waals surface area (Å²) in [6, 6.07) is 3.40. The molecule has 0 aliphatic heterocycles. The first kappa shape index (κ1) is 41.2. The van der Waals surface area contributed by atoms with Gasteiger partial charge in [0.25, 0.3) is 6.47 Å². The van der Waals surface area contributed by atoms with Gasteiger partial charge in [-0.25, -0.2) is 4.79 Å². The van der Waals surface area contributed by atoms with Crippen molar-refractivity contribution < 1.29 is 46.8 Å². The number of alkyl halides is 3.